The van der Waals surface area contributed by atoms with Crippen LogP contribution in [-0.4, -0.2) is 68.9 Å². The first-order valence-corrected chi connectivity index (χ1v) is 27.9. The molecule has 1 fully saturated rings. The Morgan fingerprint density at radius 2 is 0.630 bits per heavy atom. The lowest BCUT2D eigenvalue weighted by atomic mass is 9.55. The van der Waals surface area contributed by atoms with E-state index in [0.717, 1.165) is 0 Å². The lowest BCUT2D eigenvalue weighted by Crippen LogP contribution is -2.92. The van der Waals surface area contributed by atoms with E-state index in [2.05, 4.69) is 0 Å². The minimum Gasteiger partial charge on any atom is -0.387 e. The van der Waals surface area contributed by atoms with Crippen molar-refractivity contribution >= 4 is 23.0 Å². The normalized spacial score (nSPS) is 24.5. The Bertz CT molecular complexity index is 2920. The lowest BCUT2D eigenvalue weighted by Gasteiger charge is -2.69. The molecule has 7 N–H and O–H groups in total. The topological polar surface area (TPSA) is 239 Å². The summed E-state index contributed by atoms with van der Waals surface area (Å²) in [5.74, 6) is 0. The molecule has 15 nitrogen and oxygen atoms in total. The maximum absolute atomic E-state index is 17.3. The van der Waals surface area contributed by atoms with Crippen LogP contribution in [0.5, 0.6) is 0 Å². The van der Waals surface area contributed by atoms with Gasteiger partial charge in [-0.15, -0.1) is 0 Å². The third-order valence-electron chi connectivity index (χ3n) is 13.2. The summed E-state index contributed by atoms with van der Waals surface area (Å²) in [6, 6.07) is 55.0. The molecule has 0 spiro atoms. The zero-order valence-electron chi connectivity index (χ0n) is 39.5. The molecule has 0 amide bonds. The summed E-state index contributed by atoms with van der Waals surface area (Å²) in [4.78, 5) is 22.4. The predicted octanol–water partition coefficient (Wildman–Crippen LogP) is 9.03. The van der Waals surface area contributed by atoms with Crippen molar-refractivity contribution < 1.29 is 71.6 Å². The van der Waals surface area contributed by atoms with Crippen LogP contribution >= 0.6 is 23.0 Å². The van der Waals surface area contributed by atoms with Gasteiger partial charge >= 0.3 is 23.0 Å². The number of phosphoric acid groups is 1. The summed E-state index contributed by atoms with van der Waals surface area (Å²) in [7, 11) is -18.6. The van der Waals surface area contributed by atoms with E-state index < -0.39 is 102 Å². The number of phosphoric ester groups is 1. The molecule has 18 heteroatoms. The van der Waals surface area contributed by atoms with E-state index in [1.54, 1.807) is 140 Å². The van der Waals surface area contributed by atoms with Crippen molar-refractivity contribution in [2.24, 2.45) is 0 Å². The molecule has 1 aliphatic carbocycles. The Labute approximate surface area is 423 Å². The molecule has 7 aromatic rings. The first kappa shape index (κ1) is 54.0. The van der Waals surface area contributed by atoms with E-state index in [0.29, 0.717) is 22.3 Å². The average Bonchev–Trinajstić information content (AvgIpc) is 3.41. The fourth-order valence-electron chi connectivity index (χ4n) is 9.72. The fraction of sp³-hybridized carbons (Fsp3) is 0.236. The molecule has 7 aromatic carbocycles. The zero-order valence-corrected chi connectivity index (χ0v) is 42.2. The first-order valence-electron chi connectivity index (χ1n) is 23.3. The third kappa shape index (κ3) is 10.7. The second kappa shape index (κ2) is 22.3. The van der Waals surface area contributed by atoms with E-state index in [4.69, 9.17) is 22.6 Å². The van der Waals surface area contributed by atoms with Gasteiger partial charge in [0.2, 0.25) is 10.7 Å². The van der Waals surface area contributed by atoms with Gasteiger partial charge in [0.15, 0.2) is 0 Å². The minimum absolute atomic E-state index is 0.0149. The molecule has 6 atom stereocenters. The maximum Gasteiger partial charge on any atom is 0.470 e. The SMILES string of the molecule is O=P(O)(O)O[C@@]1(Cc2ccccc2)[C@@H](O)[C@](O)(Cc2ccccc2)[C@@](O)(P(=O)(OCc2ccccc2)OCc2ccccc2)[C@](O)(P(=O)(OCc2ccccc2)OCc2ccccc2)[C@@]1(O)Cc1ccccc1. The van der Waals surface area contributed by atoms with Gasteiger partial charge in [0.1, 0.15) is 22.9 Å². The molecule has 0 aliphatic heterocycles. The molecule has 8 rings (SSSR count). The second-order valence-electron chi connectivity index (χ2n) is 18.0. The molecule has 0 saturated heterocycles. The molecular weight excluding hydrogens is 994 g/mol. The molecular formula is C55H57O15P3. The predicted molar refractivity (Wildman–Crippen MR) is 272 cm³/mol. The standard InChI is InChI=1S/C55H57O15P3/c56-50-51(57,36-43-22-8-1-9-23-43)54(59,71(61,66-39-46-28-14-4-15-29-46)67-40-47-30-16-5-17-31-47)55(60,72(62,68-41-48-32-18-6-19-33-48)69-42-49-34-20-7-21-35-49)53(58,38-45-26-12-3-13-27-45)52(50,70-73(63,64)65)37-44-24-10-2-11-25-44/h1-35,50,56-60H,36-42H2,(H2,63,64,65)/t50-,51+,52-,53+,54+,55+/m0/s1. The molecule has 0 heterocycles. The molecule has 73 heavy (non-hydrogen) atoms. The van der Waals surface area contributed by atoms with Crippen LogP contribution in [0, 0.1) is 0 Å². The van der Waals surface area contributed by atoms with Crippen molar-refractivity contribution in [2.45, 2.75) is 79.3 Å². The van der Waals surface area contributed by atoms with Gasteiger partial charge in [-0.1, -0.05) is 212 Å². The van der Waals surface area contributed by atoms with Gasteiger partial charge in [0.05, 0.1) is 26.4 Å². The van der Waals surface area contributed by atoms with Crippen LogP contribution in [0.3, 0.4) is 0 Å². The van der Waals surface area contributed by atoms with Crippen LogP contribution < -0.4 is 0 Å². The highest BCUT2D eigenvalue weighted by Crippen LogP contribution is 2.83. The number of benzene rings is 7. The van der Waals surface area contributed by atoms with Crippen molar-refractivity contribution in [2.75, 3.05) is 0 Å². The Hall–Kier alpha value is -5.25. The largest absolute Gasteiger partial charge is 0.470 e. The smallest absolute Gasteiger partial charge is 0.387 e. The fourth-order valence-corrected chi connectivity index (χ4v) is 15.9. The van der Waals surface area contributed by atoms with Gasteiger partial charge in [-0.3, -0.25) is 13.7 Å². The van der Waals surface area contributed by atoms with Crippen molar-refractivity contribution in [3.05, 3.63) is 251 Å². The average molecular weight is 1050 g/mol. The van der Waals surface area contributed by atoms with Gasteiger partial charge in [-0.05, 0) is 38.9 Å². The quantitative estimate of drug-likeness (QED) is 0.0314. The molecule has 1 aliphatic rings. The monoisotopic (exact) mass is 1050 g/mol. The maximum atomic E-state index is 17.3. The summed E-state index contributed by atoms with van der Waals surface area (Å²) < 4.78 is 79.5. The van der Waals surface area contributed by atoms with Crippen molar-refractivity contribution in [1.82, 2.24) is 0 Å². The number of rotatable bonds is 22. The Kier molecular flexibility index (Phi) is 16.5. The number of hydrogen-bond acceptors (Lipinski definition) is 13. The van der Waals surface area contributed by atoms with Gasteiger partial charge in [-0.25, -0.2) is 4.57 Å². The highest BCUT2D eigenvalue weighted by molar-refractivity contribution is 7.60. The van der Waals surface area contributed by atoms with Crippen LogP contribution in [0.15, 0.2) is 212 Å². The molecule has 0 radical (unpaired) electrons. The van der Waals surface area contributed by atoms with Gasteiger partial charge in [0.25, 0.3) is 0 Å². The Balaban J connectivity index is 1.56. The molecule has 0 aromatic heterocycles. The lowest BCUT2D eigenvalue weighted by molar-refractivity contribution is -0.368. The van der Waals surface area contributed by atoms with Crippen LogP contribution in [-0.2, 0) is 82.0 Å². The van der Waals surface area contributed by atoms with Crippen LogP contribution in [0.2, 0.25) is 0 Å². The number of hydrogen-bond donors (Lipinski definition) is 7. The second-order valence-corrected chi connectivity index (χ2v) is 23.5. The summed E-state index contributed by atoms with van der Waals surface area (Å²) in [5, 5.41) is 63.4. The van der Waals surface area contributed by atoms with E-state index in [1.807, 2.05) is 0 Å². The van der Waals surface area contributed by atoms with Gasteiger partial charge in [-0.2, -0.15) is 0 Å². The zero-order chi connectivity index (χ0) is 51.9. The van der Waals surface area contributed by atoms with Gasteiger partial charge < -0.3 is 53.4 Å². The Morgan fingerprint density at radius 1 is 0.370 bits per heavy atom. The number of aliphatic hydroxyl groups is 5. The van der Waals surface area contributed by atoms with E-state index >= 15 is 9.13 Å². The number of aliphatic hydroxyl groups excluding tert-OH is 1. The third-order valence-corrected chi connectivity index (χ3v) is 18.8. The first-order chi connectivity index (χ1) is 34.9. The van der Waals surface area contributed by atoms with Crippen molar-refractivity contribution in [3.63, 3.8) is 0 Å². The summed E-state index contributed by atoms with van der Waals surface area (Å²) in [6.07, 6.45) is -6.34. The molecule has 1 saturated carbocycles. The van der Waals surface area contributed by atoms with Crippen molar-refractivity contribution in [3.8, 4) is 0 Å². The molecule has 0 unspecified atom stereocenters. The highest BCUT2D eigenvalue weighted by Gasteiger charge is 2.94. The summed E-state index contributed by atoms with van der Waals surface area (Å²) in [6.45, 7) is -2.91. The Morgan fingerprint density at radius 3 is 0.932 bits per heavy atom. The van der Waals surface area contributed by atoms with E-state index in [-0.39, 0.29) is 16.7 Å². The summed E-state index contributed by atoms with van der Waals surface area (Å²) in [5.41, 5.74) is -9.88. The van der Waals surface area contributed by atoms with Crippen LogP contribution in [0.25, 0.3) is 0 Å². The molecule has 382 valence electrons. The van der Waals surface area contributed by atoms with Crippen molar-refractivity contribution in [1.29, 1.82) is 0 Å². The van der Waals surface area contributed by atoms with E-state index in [1.165, 1.54) is 72.8 Å². The van der Waals surface area contributed by atoms with Crippen LogP contribution in [0.1, 0.15) is 38.9 Å². The van der Waals surface area contributed by atoms with Crippen LogP contribution in [0.4, 0.5) is 0 Å². The van der Waals surface area contributed by atoms with E-state index in [9.17, 15) is 39.9 Å². The highest BCUT2D eigenvalue weighted by atomic mass is 31.2. The summed E-state index contributed by atoms with van der Waals surface area (Å²) >= 11 is 0. The molecule has 0 bridgehead atoms. The minimum atomic E-state index is -6.25. The van der Waals surface area contributed by atoms with Gasteiger partial charge in [0, 0.05) is 19.3 Å².